The molecule has 10 heavy (non-hydrogen) atoms. The van der Waals surface area contributed by atoms with Crippen LogP contribution in [0.2, 0.25) is 0 Å². The minimum absolute atomic E-state index is 0.966. The molecule has 0 aliphatic heterocycles. The third kappa shape index (κ3) is 0.798. The third-order valence-corrected chi connectivity index (χ3v) is 1.57. The van der Waals surface area contributed by atoms with Gasteiger partial charge in [0.2, 0.25) is 0 Å². The van der Waals surface area contributed by atoms with Crippen molar-refractivity contribution in [3.05, 3.63) is 35.8 Å². The predicted molar refractivity (Wildman–Crippen MR) is 41.4 cm³/mol. The first-order valence-electron chi connectivity index (χ1n) is 3.37. The lowest BCUT2D eigenvalue weighted by molar-refractivity contribution is 0.556. The van der Waals surface area contributed by atoms with Crippen LogP contribution in [-0.2, 0) is 0 Å². The van der Waals surface area contributed by atoms with Crippen molar-refractivity contribution in [3.8, 4) is 0 Å². The zero-order chi connectivity index (χ0) is 6.81. The van der Waals surface area contributed by atoms with Crippen LogP contribution in [-0.4, -0.2) is 0 Å². The molecule has 0 saturated carbocycles. The molecule has 0 saturated heterocycles. The fraction of sp³-hybridized carbons (Fsp3) is 0.111. The summed E-state index contributed by atoms with van der Waals surface area (Å²) in [6.45, 7) is 0. The van der Waals surface area contributed by atoms with Gasteiger partial charge >= 0.3 is 0 Å². The van der Waals surface area contributed by atoms with E-state index in [1.165, 1.54) is 5.56 Å². The van der Waals surface area contributed by atoms with Crippen LogP contribution in [0.3, 0.4) is 0 Å². The average molecular weight is 132 g/mol. The van der Waals surface area contributed by atoms with Crippen LogP contribution in [0.15, 0.2) is 28.9 Å². The fourth-order valence-electron chi connectivity index (χ4n) is 1.05. The van der Waals surface area contributed by atoms with Gasteiger partial charge in [-0.05, 0) is 18.6 Å². The Bertz CT molecular complexity index is 252. The second-order valence-corrected chi connectivity index (χ2v) is 2.28. The lowest BCUT2D eigenvalue weighted by Gasteiger charge is -1.83. The normalized spacial score (nSPS) is 14.8. The Morgan fingerprint density at radius 2 is 2.10 bits per heavy atom. The standard InChI is InChI=1S/C9H8O/c1-2-4-8-6-7-10-9(8)5-3-1/h2-7H,1H2. The van der Waals surface area contributed by atoms with E-state index in [0.717, 1.165) is 12.2 Å². The molecule has 0 fully saturated rings. The lowest BCUT2D eigenvalue weighted by atomic mass is 10.2. The van der Waals surface area contributed by atoms with Crippen LogP contribution in [0, 0.1) is 0 Å². The molecule has 50 valence electrons. The molecule has 1 nitrogen and oxygen atoms in total. The quantitative estimate of drug-likeness (QED) is 0.529. The monoisotopic (exact) mass is 132 g/mol. The molecule has 1 heterocycles. The summed E-state index contributed by atoms with van der Waals surface area (Å²) in [6.07, 6.45) is 11.0. The molecule has 1 aromatic rings. The second-order valence-electron chi connectivity index (χ2n) is 2.28. The molecule has 0 radical (unpaired) electrons. The number of rotatable bonds is 0. The summed E-state index contributed by atoms with van der Waals surface area (Å²) in [7, 11) is 0. The first kappa shape index (κ1) is 5.54. The van der Waals surface area contributed by atoms with E-state index >= 15 is 0 Å². The van der Waals surface area contributed by atoms with E-state index in [2.05, 4.69) is 18.2 Å². The summed E-state index contributed by atoms with van der Waals surface area (Å²) < 4.78 is 5.20. The van der Waals surface area contributed by atoms with Crippen molar-refractivity contribution in [3.63, 3.8) is 0 Å². The lowest BCUT2D eigenvalue weighted by Crippen LogP contribution is -1.66. The Morgan fingerprint density at radius 3 is 3.10 bits per heavy atom. The van der Waals surface area contributed by atoms with E-state index in [4.69, 9.17) is 4.42 Å². The summed E-state index contributed by atoms with van der Waals surface area (Å²) in [5.41, 5.74) is 1.17. The molecule has 2 rings (SSSR count). The average Bonchev–Trinajstić information content (AvgIpc) is 2.28. The van der Waals surface area contributed by atoms with Gasteiger partial charge in [0.05, 0.1) is 6.26 Å². The van der Waals surface area contributed by atoms with Crippen molar-refractivity contribution in [1.82, 2.24) is 0 Å². The van der Waals surface area contributed by atoms with Crippen molar-refractivity contribution >= 4 is 12.2 Å². The number of allylic oxidation sites excluding steroid dienone is 2. The van der Waals surface area contributed by atoms with Gasteiger partial charge in [0.25, 0.3) is 0 Å². The summed E-state index contributed by atoms with van der Waals surface area (Å²) in [5, 5.41) is 0. The van der Waals surface area contributed by atoms with Gasteiger partial charge in [0.1, 0.15) is 5.76 Å². The predicted octanol–water partition coefficient (Wildman–Crippen LogP) is 2.71. The highest BCUT2D eigenvalue weighted by molar-refractivity contribution is 5.63. The van der Waals surface area contributed by atoms with Crippen LogP contribution in [0.25, 0.3) is 12.2 Å². The van der Waals surface area contributed by atoms with Crippen LogP contribution < -0.4 is 0 Å². The van der Waals surface area contributed by atoms with E-state index in [0.29, 0.717) is 0 Å². The largest absolute Gasteiger partial charge is 0.464 e. The van der Waals surface area contributed by atoms with Crippen LogP contribution in [0.4, 0.5) is 0 Å². The van der Waals surface area contributed by atoms with E-state index in [-0.39, 0.29) is 0 Å². The molecule has 0 N–H and O–H groups in total. The Kier molecular flexibility index (Phi) is 1.21. The second kappa shape index (κ2) is 2.18. The first-order chi connectivity index (χ1) is 4.97. The van der Waals surface area contributed by atoms with Crippen molar-refractivity contribution in [2.45, 2.75) is 6.42 Å². The molecule has 0 aromatic carbocycles. The first-order valence-corrected chi connectivity index (χ1v) is 3.37. The van der Waals surface area contributed by atoms with E-state index in [1.807, 2.05) is 12.1 Å². The maximum absolute atomic E-state index is 5.20. The van der Waals surface area contributed by atoms with Gasteiger partial charge in [0, 0.05) is 5.56 Å². The third-order valence-electron chi connectivity index (χ3n) is 1.57. The number of hydrogen-bond acceptors (Lipinski definition) is 1. The maximum Gasteiger partial charge on any atom is 0.133 e. The number of hydrogen-bond donors (Lipinski definition) is 0. The highest BCUT2D eigenvalue weighted by atomic mass is 16.3. The molecular formula is C9H8O. The molecule has 0 amide bonds. The van der Waals surface area contributed by atoms with Gasteiger partial charge in [-0.25, -0.2) is 0 Å². The summed E-state index contributed by atoms with van der Waals surface area (Å²) in [6, 6.07) is 1.97. The van der Waals surface area contributed by atoms with E-state index < -0.39 is 0 Å². The SMILES string of the molecule is C1=Cc2ccoc2C=CC1. The summed E-state index contributed by atoms with van der Waals surface area (Å²) >= 11 is 0. The number of fused-ring (bicyclic) bond motifs is 1. The highest BCUT2D eigenvalue weighted by Crippen LogP contribution is 2.17. The molecule has 0 atom stereocenters. The fourth-order valence-corrected chi connectivity index (χ4v) is 1.05. The Balaban J connectivity index is 2.56. The van der Waals surface area contributed by atoms with Gasteiger partial charge < -0.3 is 4.42 Å². The molecule has 1 aliphatic rings. The summed E-state index contributed by atoms with van der Waals surface area (Å²) in [5.74, 6) is 0.966. The van der Waals surface area contributed by atoms with E-state index in [9.17, 15) is 0 Å². The number of furan rings is 1. The van der Waals surface area contributed by atoms with Crippen LogP contribution >= 0.6 is 0 Å². The van der Waals surface area contributed by atoms with Crippen molar-refractivity contribution in [2.75, 3.05) is 0 Å². The molecule has 0 unspecified atom stereocenters. The molecule has 1 heteroatoms. The van der Waals surface area contributed by atoms with Crippen LogP contribution in [0.1, 0.15) is 17.7 Å². The Morgan fingerprint density at radius 1 is 1.20 bits per heavy atom. The zero-order valence-corrected chi connectivity index (χ0v) is 5.58. The van der Waals surface area contributed by atoms with Crippen molar-refractivity contribution in [2.24, 2.45) is 0 Å². The minimum atomic E-state index is 0.966. The van der Waals surface area contributed by atoms with Crippen molar-refractivity contribution in [1.29, 1.82) is 0 Å². The smallest absolute Gasteiger partial charge is 0.133 e. The molecule has 0 spiro atoms. The van der Waals surface area contributed by atoms with Gasteiger partial charge in [-0.3, -0.25) is 0 Å². The van der Waals surface area contributed by atoms with Crippen molar-refractivity contribution < 1.29 is 4.42 Å². The molecule has 1 aromatic heterocycles. The Hall–Kier alpha value is -1.24. The van der Waals surface area contributed by atoms with Crippen LogP contribution in [0.5, 0.6) is 0 Å². The molecular weight excluding hydrogens is 124 g/mol. The van der Waals surface area contributed by atoms with Gasteiger partial charge in [-0.15, -0.1) is 0 Å². The van der Waals surface area contributed by atoms with Gasteiger partial charge in [-0.1, -0.05) is 18.2 Å². The van der Waals surface area contributed by atoms with Gasteiger partial charge in [0.15, 0.2) is 0 Å². The zero-order valence-electron chi connectivity index (χ0n) is 5.58. The topological polar surface area (TPSA) is 13.1 Å². The molecule has 1 aliphatic carbocycles. The summed E-state index contributed by atoms with van der Waals surface area (Å²) in [4.78, 5) is 0. The minimum Gasteiger partial charge on any atom is -0.464 e. The molecule has 0 bridgehead atoms. The highest BCUT2D eigenvalue weighted by Gasteiger charge is 1.99. The Labute approximate surface area is 59.7 Å². The van der Waals surface area contributed by atoms with Gasteiger partial charge in [-0.2, -0.15) is 0 Å². The maximum atomic E-state index is 5.20. The van der Waals surface area contributed by atoms with E-state index in [1.54, 1.807) is 6.26 Å².